The second kappa shape index (κ2) is 8.42. The van der Waals surface area contributed by atoms with Crippen LogP contribution in [0.15, 0.2) is 32.7 Å². The van der Waals surface area contributed by atoms with Crippen LogP contribution >= 0.6 is 17.3 Å². The highest BCUT2D eigenvalue weighted by atomic mass is 31.1. The highest BCUT2D eigenvalue weighted by Gasteiger charge is 2.17. The fourth-order valence-electron chi connectivity index (χ4n) is 3.57. The van der Waals surface area contributed by atoms with Crippen molar-refractivity contribution < 1.29 is 8.39 Å². The zero-order chi connectivity index (χ0) is 19.7. The Balaban J connectivity index is 2.60. The fourth-order valence-corrected chi connectivity index (χ4v) is 5.16. The molecule has 0 spiro atoms. The summed E-state index contributed by atoms with van der Waals surface area (Å²) in [7, 11) is 1.84. The van der Waals surface area contributed by atoms with Gasteiger partial charge in [-0.15, -0.1) is 9.24 Å². The Morgan fingerprint density at radius 2 is 1.59 bits per heavy atom. The van der Waals surface area contributed by atoms with E-state index in [4.69, 9.17) is 8.39 Å². The molecule has 0 amide bonds. The molecular weight excluding hydrogens is 370 g/mol. The molecule has 1 aromatic heterocycles. The largest absolute Gasteiger partial charge is 0.419 e. The Morgan fingerprint density at radius 1 is 0.926 bits per heavy atom. The predicted octanol–water partition coefficient (Wildman–Crippen LogP) is 8.01. The molecule has 0 saturated carbocycles. The minimum absolute atomic E-state index is 0.328. The van der Waals surface area contributed by atoms with Crippen LogP contribution in [0.2, 0.25) is 0 Å². The van der Waals surface area contributed by atoms with Gasteiger partial charge in [-0.2, -0.15) is 0 Å². The van der Waals surface area contributed by atoms with Gasteiger partial charge in [0.2, 0.25) is 8.01 Å². The van der Waals surface area contributed by atoms with Gasteiger partial charge in [-0.1, -0.05) is 40.2 Å². The summed E-state index contributed by atoms with van der Waals surface area (Å²) in [6.07, 6.45) is 3.20. The smallest absolute Gasteiger partial charge is 0.219 e. The average Bonchev–Trinajstić information content (AvgIpc) is 2.78. The van der Waals surface area contributed by atoms with E-state index >= 15 is 0 Å². The van der Waals surface area contributed by atoms with E-state index in [2.05, 4.69) is 75.0 Å². The maximum atomic E-state index is 6.58. The molecule has 2 unspecified atom stereocenters. The number of hydrogen-bond acceptors (Lipinski definition) is 2. The van der Waals surface area contributed by atoms with Crippen molar-refractivity contribution in [2.24, 2.45) is 0 Å². The molecule has 0 aliphatic rings. The second-order valence-corrected chi connectivity index (χ2v) is 10.6. The zero-order valence-electron chi connectivity index (χ0n) is 17.4. The van der Waals surface area contributed by atoms with E-state index < -0.39 is 8.01 Å². The van der Waals surface area contributed by atoms with Crippen molar-refractivity contribution in [2.75, 3.05) is 0 Å². The SMILES string of the molecule is CCCc1cc(CC)c2op(C(C)C)oc3c(C(C)C)cc(P)cc3c2c1. The van der Waals surface area contributed by atoms with Gasteiger partial charge in [-0.25, -0.2) is 0 Å². The quantitative estimate of drug-likeness (QED) is 0.404. The number of rotatable bonds is 5. The molecule has 0 radical (unpaired) electrons. The lowest BCUT2D eigenvalue weighted by atomic mass is 9.96. The van der Waals surface area contributed by atoms with Gasteiger partial charge in [-0.05, 0) is 72.8 Å². The van der Waals surface area contributed by atoms with E-state index in [1.807, 2.05) is 0 Å². The summed E-state index contributed by atoms with van der Waals surface area (Å²) in [4.78, 5) is 0. The Bertz CT molecular complexity index is 1000. The molecule has 0 bridgehead atoms. The van der Waals surface area contributed by atoms with Crippen molar-refractivity contribution in [1.82, 2.24) is 0 Å². The first-order valence-corrected chi connectivity index (χ1v) is 11.9. The Hall–Kier alpha value is -1.23. The monoisotopic (exact) mass is 402 g/mol. The molecule has 0 aliphatic heterocycles. The van der Waals surface area contributed by atoms with Crippen LogP contribution in [0.25, 0.3) is 21.9 Å². The van der Waals surface area contributed by atoms with Crippen molar-refractivity contribution in [1.29, 1.82) is 0 Å². The summed E-state index contributed by atoms with van der Waals surface area (Å²) in [5.41, 5.74) is 6.32. The minimum atomic E-state index is -1.03. The summed E-state index contributed by atoms with van der Waals surface area (Å²) in [6.45, 7) is 13.3. The first-order valence-electron chi connectivity index (χ1n) is 10.1. The molecule has 4 heteroatoms. The Morgan fingerprint density at radius 3 is 2.19 bits per heavy atom. The Kier molecular flexibility index (Phi) is 6.39. The summed E-state index contributed by atoms with van der Waals surface area (Å²) >= 11 is 0. The minimum Gasteiger partial charge on any atom is -0.419 e. The first-order chi connectivity index (χ1) is 12.8. The fraction of sp³-hybridized carbons (Fsp3) is 0.478. The van der Waals surface area contributed by atoms with Crippen molar-refractivity contribution in [3.8, 4) is 0 Å². The molecule has 146 valence electrons. The van der Waals surface area contributed by atoms with Crippen molar-refractivity contribution >= 4 is 44.5 Å². The third-order valence-corrected chi connectivity index (χ3v) is 6.88. The van der Waals surface area contributed by atoms with E-state index in [1.165, 1.54) is 32.8 Å². The highest BCUT2D eigenvalue weighted by Crippen LogP contribution is 2.45. The molecule has 2 aromatic carbocycles. The lowest BCUT2D eigenvalue weighted by Gasteiger charge is -2.10. The van der Waals surface area contributed by atoms with Crippen molar-refractivity contribution in [2.45, 2.75) is 72.4 Å². The van der Waals surface area contributed by atoms with Gasteiger partial charge in [-0.3, -0.25) is 0 Å². The zero-order valence-corrected chi connectivity index (χ0v) is 19.5. The van der Waals surface area contributed by atoms with Crippen LogP contribution in [-0.4, -0.2) is 0 Å². The molecule has 2 atom stereocenters. The maximum Gasteiger partial charge on any atom is 0.219 e. The molecule has 2 nitrogen and oxygen atoms in total. The lowest BCUT2D eigenvalue weighted by molar-refractivity contribution is 0.615. The van der Waals surface area contributed by atoms with Crippen molar-refractivity contribution in [3.63, 3.8) is 0 Å². The molecule has 0 saturated heterocycles. The van der Waals surface area contributed by atoms with E-state index in [0.717, 1.165) is 30.4 Å². The number of fused-ring (bicyclic) bond motifs is 3. The predicted molar refractivity (Wildman–Crippen MR) is 124 cm³/mol. The molecule has 3 rings (SSSR count). The maximum absolute atomic E-state index is 6.58. The van der Waals surface area contributed by atoms with Crippen molar-refractivity contribution in [3.05, 3.63) is 41.0 Å². The van der Waals surface area contributed by atoms with E-state index in [1.54, 1.807) is 0 Å². The van der Waals surface area contributed by atoms with Crippen LogP contribution < -0.4 is 5.30 Å². The van der Waals surface area contributed by atoms with Crippen LogP contribution in [0.5, 0.6) is 0 Å². The lowest BCUT2D eigenvalue weighted by Crippen LogP contribution is -1.98. The first kappa shape index (κ1) is 20.5. The number of benzene rings is 2. The molecule has 27 heavy (non-hydrogen) atoms. The normalized spacial score (nSPS) is 12.6. The molecule has 0 aliphatic carbocycles. The summed E-state index contributed by atoms with van der Waals surface area (Å²) < 4.78 is 13.1. The van der Waals surface area contributed by atoms with Gasteiger partial charge in [0.05, 0.1) is 5.66 Å². The Labute approximate surface area is 166 Å². The molecular formula is C23H32O2P2. The summed E-state index contributed by atoms with van der Waals surface area (Å²) in [5, 5.41) is 3.57. The van der Waals surface area contributed by atoms with Crippen LogP contribution in [0.3, 0.4) is 0 Å². The van der Waals surface area contributed by atoms with Crippen LogP contribution in [0.1, 0.15) is 76.2 Å². The third-order valence-electron chi connectivity index (χ3n) is 4.98. The molecule has 1 heterocycles. The van der Waals surface area contributed by atoms with Gasteiger partial charge in [0, 0.05) is 10.8 Å². The van der Waals surface area contributed by atoms with Gasteiger partial charge in [0.1, 0.15) is 11.2 Å². The van der Waals surface area contributed by atoms with E-state index in [0.29, 0.717) is 11.6 Å². The van der Waals surface area contributed by atoms with Gasteiger partial charge >= 0.3 is 0 Å². The standard InChI is InChI=1S/C23H32O2P2/c1-7-9-16-10-17(8-2)22-20(11-16)21-13-18(26)12-19(14(3)4)23(21)25-27(24-22)15(5)6/h10-15H,7-9,26H2,1-6H3. The molecule has 0 fully saturated rings. The van der Waals surface area contributed by atoms with Gasteiger partial charge in [0.15, 0.2) is 0 Å². The highest BCUT2D eigenvalue weighted by molar-refractivity contribution is 7.37. The van der Waals surface area contributed by atoms with Gasteiger partial charge < -0.3 is 8.39 Å². The van der Waals surface area contributed by atoms with E-state index in [-0.39, 0.29) is 0 Å². The number of hydrogen-bond donors (Lipinski definition) is 0. The van der Waals surface area contributed by atoms with Crippen LogP contribution in [-0.2, 0) is 12.8 Å². The van der Waals surface area contributed by atoms with Crippen LogP contribution in [0.4, 0.5) is 0 Å². The molecule has 0 N–H and O–H groups in total. The third kappa shape index (κ3) is 4.13. The van der Waals surface area contributed by atoms with E-state index in [9.17, 15) is 0 Å². The molecule has 3 aromatic rings. The topological polar surface area (TPSA) is 26.3 Å². The average molecular weight is 402 g/mol. The number of aryl methyl sites for hydroxylation is 2. The summed E-state index contributed by atoms with van der Waals surface area (Å²) in [5.74, 6) is 0.397. The van der Waals surface area contributed by atoms with Crippen LogP contribution in [0, 0.1) is 0 Å². The second-order valence-electron chi connectivity index (χ2n) is 7.94. The van der Waals surface area contributed by atoms with Gasteiger partial charge in [0.25, 0.3) is 0 Å². The summed E-state index contributed by atoms with van der Waals surface area (Å²) in [6, 6.07) is 9.13.